The van der Waals surface area contributed by atoms with Crippen LogP contribution < -0.4 is 0 Å². The van der Waals surface area contributed by atoms with Crippen molar-refractivity contribution in [3.05, 3.63) is 450 Å². The van der Waals surface area contributed by atoms with Gasteiger partial charge in [-0.2, -0.15) is 0 Å². The van der Waals surface area contributed by atoms with Crippen molar-refractivity contribution >= 4 is 174 Å². The molecule has 0 aliphatic heterocycles. The molecule has 12 nitrogen and oxygen atoms in total. The molecule has 0 atom stereocenters. The predicted octanol–water partition coefficient (Wildman–Crippen LogP) is 32.5. The maximum atomic E-state index is 6.32. The zero-order chi connectivity index (χ0) is 90.1. The average molecular weight is 1750 g/mol. The first kappa shape index (κ1) is 78.2. The topological polar surface area (TPSA) is 147 Å². The van der Waals surface area contributed by atoms with Crippen LogP contribution in [0, 0.1) is 0 Å². The van der Waals surface area contributed by atoms with Crippen LogP contribution in [-0.2, 0) is 0 Å². The molecule has 29 aromatic rings. The maximum absolute atomic E-state index is 6.32. The highest BCUT2D eigenvalue weighted by Gasteiger charge is 2.26. The Bertz CT molecular complexity index is 9760. The molecular formula is C125H74N10O2. The average Bonchev–Trinajstić information content (AvgIpc) is 1.17. The van der Waals surface area contributed by atoms with Gasteiger partial charge in [0.1, 0.15) is 16.9 Å². The highest BCUT2D eigenvalue weighted by Crippen LogP contribution is 2.49. The number of imidazole rings is 1. The van der Waals surface area contributed by atoms with E-state index in [0.29, 0.717) is 11.8 Å². The number of nitrogens with zero attached hydrogens (tertiary/aromatic N) is 10. The molecule has 9 heterocycles. The third-order valence-corrected chi connectivity index (χ3v) is 27.0. The standard InChI is InChI=1S/C53H32N2.C38H22N4O.C34H20N4O/c1-2-18-41(19-3-1)55-49-26-9-8-25-48(49)54-53(55)40-30-37(29-39(31-40)52-42-20-6-4-13-34(42)27-35-14-5-7-21-43(35)52)38-28-36-17-12-23-45-44-22-10-15-33-16-11-24-46(50(33)44)47(32-38)51(36)45;1-2-11-29-23(8-1)18-24-9-5-15-39-35(24)34(29)27-19-26(20-28(21-27)38-42-32-13-3-4-14-33(32)43-38)31-22-25-10-6-16-40-36(25)37-30(31)12-7-17-41-37;1-2-13-31-29(11-1)38-34(39-31)24-18-22(25-8-3-12-28-26(25)9-5-14-35-28)17-23(19-24)32-27-10-6-15-36-30(27)20-21-7-4-16-37-33(21)32/h1-32H;1-22H;1-20H. The summed E-state index contributed by atoms with van der Waals surface area (Å²) in [7, 11) is 0. The lowest BCUT2D eigenvalue weighted by atomic mass is 9.86. The minimum Gasteiger partial charge on any atom is -0.436 e. The van der Waals surface area contributed by atoms with Gasteiger partial charge in [0.05, 0.1) is 44.1 Å². The molecule has 0 fully saturated rings. The molecule has 0 spiro atoms. The molecule has 636 valence electrons. The molecule has 0 aliphatic rings. The van der Waals surface area contributed by atoms with Gasteiger partial charge in [0.2, 0.25) is 11.8 Å². The Balaban J connectivity index is 0.000000106. The molecule has 137 heavy (non-hydrogen) atoms. The highest BCUT2D eigenvalue weighted by atomic mass is 16.4. The summed E-state index contributed by atoms with van der Waals surface area (Å²) >= 11 is 0. The lowest BCUT2D eigenvalue weighted by molar-refractivity contribution is 0.619. The van der Waals surface area contributed by atoms with Crippen LogP contribution in [-0.4, -0.2) is 49.4 Å². The summed E-state index contributed by atoms with van der Waals surface area (Å²) in [5.74, 6) is 2.07. The molecule has 0 amide bonds. The Hall–Kier alpha value is -18.7. The number of benzene rings is 20. The summed E-state index contributed by atoms with van der Waals surface area (Å²) in [6.07, 6.45) is 11.0. The first-order valence-electron chi connectivity index (χ1n) is 46.0. The number of para-hydroxylation sites is 7. The number of aromatic nitrogens is 10. The number of hydrogen-bond acceptors (Lipinski definition) is 11. The third kappa shape index (κ3) is 13.4. The third-order valence-electron chi connectivity index (χ3n) is 27.0. The van der Waals surface area contributed by atoms with Gasteiger partial charge in [0.15, 0.2) is 11.2 Å². The first-order chi connectivity index (χ1) is 67.9. The minimum atomic E-state index is 0.576. The Kier molecular flexibility index (Phi) is 18.3. The lowest BCUT2D eigenvalue weighted by Crippen LogP contribution is -1.98. The summed E-state index contributed by atoms with van der Waals surface area (Å²) in [5, 5.41) is 23.9. The van der Waals surface area contributed by atoms with Crippen LogP contribution in [0.5, 0.6) is 0 Å². The molecule has 12 heteroatoms. The van der Waals surface area contributed by atoms with E-state index in [4.69, 9.17) is 38.7 Å². The number of oxazole rings is 2. The molecular weight excluding hydrogens is 1670 g/mol. The van der Waals surface area contributed by atoms with Crippen molar-refractivity contribution < 1.29 is 8.83 Å². The van der Waals surface area contributed by atoms with Gasteiger partial charge in [-0.15, -0.1) is 0 Å². The molecule has 0 saturated heterocycles. The largest absolute Gasteiger partial charge is 0.436 e. The van der Waals surface area contributed by atoms with Gasteiger partial charge < -0.3 is 8.83 Å². The Morgan fingerprint density at radius 3 is 1.26 bits per heavy atom. The van der Waals surface area contributed by atoms with E-state index in [2.05, 4.69) is 341 Å². The fourth-order valence-corrected chi connectivity index (χ4v) is 21.0. The normalized spacial score (nSPS) is 11.8. The predicted molar refractivity (Wildman–Crippen MR) is 564 cm³/mol. The van der Waals surface area contributed by atoms with Crippen molar-refractivity contribution in [2.45, 2.75) is 0 Å². The van der Waals surface area contributed by atoms with E-state index in [1.807, 2.05) is 128 Å². The molecule has 0 unspecified atom stereocenters. The molecule has 0 radical (unpaired) electrons. The van der Waals surface area contributed by atoms with Gasteiger partial charge in [-0.05, 0) is 313 Å². The van der Waals surface area contributed by atoms with Gasteiger partial charge in [0, 0.05) is 103 Å². The van der Waals surface area contributed by atoms with Crippen molar-refractivity contribution in [3.8, 4) is 107 Å². The zero-order valence-corrected chi connectivity index (χ0v) is 73.5. The Labute approximate surface area is 783 Å². The first-order valence-corrected chi connectivity index (χ1v) is 46.0. The fraction of sp³-hybridized carbons (Fsp3) is 0. The van der Waals surface area contributed by atoms with E-state index in [1.54, 1.807) is 0 Å². The van der Waals surface area contributed by atoms with Gasteiger partial charge in [-0.3, -0.25) is 34.5 Å². The minimum absolute atomic E-state index is 0.576. The van der Waals surface area contributed by atoms with E-state index < -0.39 is 0 Å². The quantitative estimate of drug-likeness (QED) is 0.0952. The van der Waals surface area contributed by atoms with Crippen LogP contribution in [0.4, 0.5) is 0 Å². The second-order valence-electron chi connectivity index (χ2n) is 35.0. The van der Waals surface area contributed by atoms with Crippen molar-refractivity contribution in [2.24, 2.45) is 0 Å². The monoisotopic (exact) mass is 1750 g/mol. The van der Waals surface area contributed by atoms with Crippen LogP contribution in [0.3, 0.4) is 0 Å². The number of hydrogen-bond donors (Lipinski definition) is 0. The Morgan fingerprint density at radius 2 is 0.599 bits per heavy atom. The molecule has 0 saturated carbocycles. The summed E-state index contributed by atoms with van der Waals surface area (Å²) < 4.78 is 14.9. The van der Waals surface area contributed by atoms with E-state index in [9.17, 15) is 0 Å². The van der Waals surface area contributed by atoms with Crippen molar-refractivity contribution in [2.75, 3.05) is 0 Å². The molecule has 20 aromatic carbocycles. The van der Waals surface area contributed by atoms with Crippen LogP contribution in [0.2, 0.25) is 0 Å². The second kappa shape index (κ2) is 32.1. The van der Waals surface area contributed by atoms with Gasteiger partial charge in [-0.25, -0.2) is 15.0 Å². The van der Waals surface area contributed by atoms with Gasteiger partial charge >= 0.3 is 0 Å². The van der Waals surface area contributed by atoms with Crippen molar-refractivity contribution in [1.82, 2.24) is 49.4 Å². The zero-order valence-electron chi connectivity index (χ0n) is 73.5. The van der Waals surface area contributed by atoms with E-state index in [-0.39, 0.29) is 0 Å². The molecule has 9 aromatic heterocycles. The van der Waals surface area contributed by atoms with E-state index in [1.165, 1.54) is 86.7 Å². The van der Waals surface area contributed by atoms with Gasteiger partial charge in [0.25, 0.3) is 0 Å². The van der Waals surface area contributed by atoms with Crippen LogP contribution in [0.1, 0.15) is 0 Å². The van der Waals surface area contributed by atoms with Crippen LogP contribution >= 0.6 is 0 Å². The smallest absolute Gasteiger partial charge is 0.227 e. The summed E-state index contributed by atoms with van der Waals surface area (Å²) in [6, 6.07) is 146. The number of pyridine rings is 6. The summed E-state index contributed by atoms with van der Waals surface area (Å²) in [6.45, 7) is 0. The van der Waals surface area contributed by atoms with Crippen molar-refractivity contribution in [3.63, 3.8) is 0 Å². The SMILES string of the molecule is c1ccc(-n2c(-c3cc(-c4cc5cccc6c7cccc8cccc(c(c4)c56)c87)cc(-c4c5ccccc5cc5ccccc45)c3)nc3ccccc32)cc1.c1ccc2c(-c3cc(-c4nc5ccccc5o4)cc(-c4cc5cccnc5c5ncccc45)c3)c3ncccc3cc2c1.c1cnc2c(-c3cc(-c4nc5ccccc5o4)cc(-c4cccc5ncccc45)c3)c3cccnc3cc2c1. The molecule has 0 bridgehead atoms. The number of rotatable bonds is 10. The van der Waals surface area contributed by atoms with E-state index in [0.717, 1.165) is 182 Å². The molecule has 0 N–H and O–H groups in total. The maximum Gasteiger partial charge on any atom is 0.227 e. The van der Waals surface area contributed by atoms with Crippen LogP contribution in [0.15, 0.2) is 459 Å². The Morgan fingerprint density at radius 1 is 0.190 bits per heavy atom. The summed E-state index contributed by atoms with van der Waals surface area (Å²) in [4.78, 5) is 43.5. The van der Waals surface area contributed by atoms with Gasteiger partial charge in [-0.1, -0.05) is 231 Å². The van der Waals surface area contributed by atoms with Crippen LogP contribution in [0.25, 0.3) is 281 Å². The lowest BCUT2D eigenvalue weighted by Gasteiger charge is -2.18. The molecule has 0 aliphatic carbocycles. The highest BCUT2D eigenvalue weighted by molar-refractivity contribution is 6.34. The summed E-state index contributed by atoms with van der Waals surface area (Å²) in [5.41, 5.74) is 27.9. The van der Waals surface area contributed by atoms with E-state index >= 15 is 0 Å². The van der Waals surface area contributed by atoms with Crippen molar-refractivity contribution in [1.29, 1.82) is 0 Å². The fourth-order valence-electron chi connectivity index (χ4n) is 21.0. The molecule has 29 rings (SSSR count). The number of fused-ring (bicyclic) bond motifs is 15. The second-order valence-corrected chi connectivity index (χ2v) is 35.0.